The van der Waals surface area contributed by atoms with Crippen LogP contribution in [0.15, 0.2) is 48.8 Å². The van der Waals surface area contributed by atoms with E-state index in [1.807, 2.05) is 23.2 Å². The van der Waals surface area contributed by atoms with Crippen LogP contribution in [0.5, 0.6) is 0 Å². The van der Waals surface area contributed by atoms with E-state index in [2.05, 4.69) is 52.9 Å². The van der Waals surface area contributed by atoms with Gasteiger partial charge in [0.25, 0.3) is 5.91 Å². The summed E-state index contributed by atoms with van der Waals surface area (Å²) in [6.45, 7) is 9.62. The van der Waals surface area contributed by atoms with Crippen molar-refractivity contribution >= 4 is 17.3 Å². The molecule has 1 fully saturated rings. The smallest absolute Gasteiger partial charge is 0.255 e. The molecule has 0 N–H and O–H groups in total. The molecule has 27 heavy (non-hydrogen) atoms. The number of carbonyl (C=O) groups is 1. The SMILES string of the molecule is CCCN(CCC)C(=O)c1cncc(N2CCN(c3ccccc3)CC2)c1. The van der Waals surface area contributed by atoms with Gasteiger partial charge in [-0.3, -0.25) is 9.78 Å². The number of hydrogen-bond donors (Lipinski definition) is 0. The third-order valence-electron chi connectivity index (χ3n) is 5.01. The van der Waals surface area contributed by atoms with Crippen LogP contribution >= 0.6 is 0 Å². The van der Waals surface area contributed by atoms with Crippen LogP contribution in [0, 0.1) is 0 Å². The number of aromatic nitrogens is 1. The Labute approximate surface area is 162 Å². The van der Waals surface area contributed by atoms with Crippen LogP contribution in [-0.2, 0) is 0 Å². The summed E-state index contributed by atoms with van der Waals surface area (Å²) in [6.07, 6.45) is 5.52. The maximum Gasteiger partial charge on any atom is 0.255 e. The monoisotopic (exact) mass is 366 g/mol. The zero-order chi connectivity index (χ0) is 19.1. The Morgan fingerprint density at radius 1 is 0.926 bits per heavy atom. The molecular formula is C22H30N4O. The standard InChI is InChI=1S/C22H30N4O/c1-3-10-26(11-4-2)22(27)19-16-21(18-23-17-19)25-14-12-24(13-15-25)20-8-6-5-7-9-20/h5-9,16-18H,3-4,10-15H2,1-2H3. The normalized spacial score (nSPS) is 14.3. The molecule has 1 aromatic heterocycles. The van der Waals surface area contributed by atoms with Crippen molar-refractivity contribution in [3.05, 3.63) is 54.4 Å². The number of anilines is 2. The van der Waals surface area contributed by atoms with E-state index in [1.165, 1.54) is 5.69 Å². The lowest BCUT2D eigenvalue weighted by atomic mass is 10.2. The molecule has 0 unspecified atom stereocenters. The second kappa shape index (κ2) is 9.40. The zero-order valence-corrected chi connectivity index (χ0v) is 16.5. The molecule has 144 valence electrons. The molecule has 5 heteroatoms. The number of benzene rings is 1. The molecule has 2 heterocycles. The number of amides is 1. The molecule has 1 amide bonds. The van der Waals surface area contributed by atoms with E-state index < -0.39 is 0 Å². The van der Waals surface area contributed by atoms with Crippen LogP contribution < -0.4 is 9.80 Å². The van der Waals surface area contributed by atoms with Gasteiger partial charge < -0.3 is 14.7 Å². The maximum atomic E-state index is 12.9. The Bertz CT molecular complexity index is 720. The van der Waals surface area contributed by atoms with Crippen molar-refractivity contribution in [2.45, 2.75) is 26.7 Å². The summed E-state index contributed by atoms with van der Waals surface area (Å²) in [5, 5.41) is 0. The molecule has 1 aromatic carbocycles. The van der Waals surface area contributed by atoms with Gasteiger partial charge in [0, 0.05) is 51.2 Å². The van der Waals surface area contributed by atoms with Gasteiger partial charge >= 0.3 is 0 Å². The molecule has 0 radical (unpaired) electrons. The van der Waals surface area contributed by atoms with Crippen LogP contribution in [0.2, 0.25) is 0 Å². The van der Waals surface area contributed by atoms with Crippen LogP contribution in [0.4, 0.5) is 11.4 Å². The quantitative estimate of drug-likeness (QED) is 0.750. The molecule has 1 aliphatic rings. The summed E-state index contributed by atoms with van der Waals surface area (Å²) in [4.78, 5) is 23.9. The number of para-hydroxylation sites is 1. The fraction of sp³-hybridized carbons (Fsp3) is 0.455. The van der Waals surface area contributed by atoms with Gasteiger partial charge in [0.2, 0.25) is 0 Å². The van der Waals surface area contributed by atoms with Crippen molar-refractivity contribution in [2.75, 3.05) is 49.1 Å². The van der Waals surface area contributed by atoms with E-state index in [1.54, 1.807) is 6.20 Å². The molecule has 0 aliphatic carbocycles. The van der Waals surface area contributed by atoms with E-state index in [4.69, 9.17) is 0 Å². The lowest BCUT2D eigenvalue weighted by Crippen LogP contribution is -2.46. The number of piperazine rings is 1. The minimum Gasteiger partial charge on any atom is -0.368 e. The van der Waals surface area contributed by atoms with Gasteiger partial charge in [-0.25, -0.2) is 0 Å². The number of rotatable bonds is 7. The first-order valence-electron chi connectivity index (χ1n) is 10.0. The van der Waals surface area contributed by atoms with Crippen LogP contribution in [0.3, 0.4) is 0 Å². The second-order valence-electron chi connectivity index (χ2n) is 7.03. The van der Waals surface area contributed by atoms with E-state index in [-0.39, 0.29) is 5.91 Å². The van der Waals surface area contributed by atoms with Gasteiger partial charge in [0.15, 0.2) is 0 Å². The molecule has 1 saturated heterocycles. The first-order valence-corrected chi connectivity index (χ1v) is 10.0. The number of carbonyl (C=O) groups excluding carboxylic acids is 1. The highest BCUT2D eigenvalue weighted by Gasteiger charge is 2.20. The van der Waals surface area contributed by atoms with Crippen molar-refractivity contribution in [1.29, 1.82) is 0 Å². The predicted molar refractivity (Wildman–Crippen MR) is 112 cm³/mol. The lowest BCUT2D eigenvalue weighted by molar-refractivity contribution is 0.0755. The van der Waals surface area contributed by atoms with Gasteiger partial charge in [0.05, 0.1) is 17.4 Å². The lowest BCUT2D eigenvalue weighted by Gasteiger charge is -2.37. The molecule has 0 spiro atoms. The van der Waals surface area contributed by atoms with Crippen molar-refractivity contribution < 1.29 is 4.79 Å². The fourth-order valence-electron chi connectivity index (χ4n) is 3.62. The van der Waals surface area contributed by atoms with Crippen LogP contribution in [-0.4, -0.2) is 55.1 Å². The van der Waals surface area contributed by atoms with Crippen molar-refractivity contribution in [3.8, 4) is 0 Å². The zero-order valence-electron chi connectivity index (χ0n) is 16.5. The summed E-state index contributed by atoms with van der Waals surface area (Å²) in [7, 11) is 0. The number of pyridine rings is 1. The Balaban J connectivity index is 1.66. The summed E-state index contributed by atoms with van der Waals surface area (Å²) in [6, 6.07) is 12.5. The first kappa shape index (κ1) is 19.2. The maximum absolute atomic E-state index is 12.9. The second-order valence-corrected chi connectivity index (χ2v) is 7.03. The van der Waals surface area contributed by atoms with E-state index in [0.29, 0.717) is 5.56 Å². The van der Waals surface area contributed by atoms with E-state index >= 15 is 0 Å². The summed E-state index contributed by atoms with van der Waals surface area (Å²) in [5.74, 6) is 0.0935. The topological polar surface area (TPSA) is 39.7 Å². The molecule has 2 aromatic rings. The number of hydrogen-bond acceptors (Lipinski definition) is 4. The largest absolute Gasteiger partial charge is 0.368 e. The molecule has 3 rings (SSSR count). The molecule has 1 aliphatic heterocycles. The molecule has 0 atom stereocenters. The number of nitrogens with zero attached hydrogens (tertiary/aromatic N) is 4. The fourth-order valence-corrected chi connectivity index (χ4v) is 3.62. The molecular weight excluding hydrogens is 336 g/mol. The summed E-state index contributed by atoms with van der Waals surface area (Å²) < 4.78 is 0. The molecule has 5 nitrogen and oxygen atoms in total. The minimum absolute atomic E-state index is 0.0935. The van der Waals surface area contributed by atoms with Gasteiger partial charge in [-0.15, -0.1) is 0 Å². The first-order chi connectivity index (χ1) is 13.2. The minimum atomic E-state index is 0.0935. The van der Waals surface area contributed by atoms with Crippen molar-refractivity contribution in [1.82, 2.24) is 9.88 Å². The molecule has 0 saturated carbocycles. The Morgan fingerprint density at radius 2 is 1.52 bits per heavy atom. The van der Waals surface area contributed by atoms with Gasteiger partial charge in [-0.2, -0.15) is 0 Å². The Morgan fingerprint density at radius 3 is 2.11 bits per heavy atom. The van der Waals surface area contributed by atoms with Gasteiger partial charge in [0.1, 0.15) is 0 Å². The van der Waals surface area contributed by atoms with E-state index in [9.17, 15) is 4.79 Å². The Hall–Kier alpha value is -2.56. The van der Waals surface area contributed by atoms with Gasteiger partial charge in [-0.1, -0.05) is 32.0 Å². The van der Waals surface area contributed by atoms with Crippen LogP contribution in [0.25, 0.3) is 0 Å². The third-order valence-corrected chi connectivity index (χ3v) is 5.01. The third kappa shape index (κ3) is 4.79. The Kier molecular flexibility index (Phi) is 6.69. The van der Waals surface area contributed by atoms with Crippen molar-refractivity contribution in [3.63, 3.8) is 0 Å². The predicted octanol–water partition coefficient (Wildman–Crippen LogP) is 3.67. The van der Waals surface area contributed by atoms with E-state index in [0.717, 1.165) is 57.8 Å². The van der Waals surface area contributed by atoms with Gasteiger partial charge in [-0.05, 0) is 31.0 Å². The summed E-state index contributed by atoms with van der Waals surface area (Å²) in [5.41, 5.74) is 3.01. The average molecular weight is 367 g/mol. The average Bonchev–Trinajstić information content (AvgIpc) is 2.74. The van der Waals surface area contributed by atoms with Crippen molar-refractivity contribution in [2.24, 2.45) is 0 Å². The highest BCUT2D eigenvalue weighted by molar-refractivity contribution is 5.94. The highest BCUT2D eigenvalue weighted by Crippen LogP contribution is 2.21. The molecule has 0 bridgehead atoms. The van der Waals surface area contributed by atoms with Crippen LogP contribution in [0.1, 0.15) is 37.0 Å². The summed E-state index contributed by atoms with van der Waals surface area (Å²) >= 11 is 0. The highest BCUT2D eigenvalue weighted by atomic mass is 16.2.